The van der Waals surface area contributed by atoms with Gasteiger partial charge in [-0.15, -0.1) is 0 Å². The molecule has 2 unspecified atom stereocenters. The summed E-state index contributed by atoms with van der Waals surface area (Å²) in [6, 6.07) is 8.51. The van der Waals surface area contributed by atoms with Crippen LogP contribution in [0.15, 0.2) is 24.3 Å². The van der Waals surface area contributed by atoms with E-state index in [-0.39, 0.29) is 18.4 Å². The predicted molar refractivity (Wildman–Crippen MR) is 62.3 cm³/mol. The molecule has 3 heteroatoms. The van der Waals surface area contributed by atoms with Gasteiger partial charge in [-0.25, -0.2) is 0 Å². The Labute approximate surface area is 95.5 Å². The summed E-state index contributed by atoms with van der Waals surface area (Å²) in [7, 11) is 0. The van der Waals surface area contributed by atoms with Crippen LogP contribution in [0.1, 0.15) is 30.0 Å². The van der Waals surface area contributed by atoms with Crippen molar-refractivity contribution in [3.8, 4) is 0 Å². The lowest BCUT2D eigenvalue weighted by Gasteiger charge is -2.18. The van der Waals surface area contributed by atoms with E-state index >= 15 is 0 Å². The first kappa shape index (κ1) is 11.1. The molecule has 2 atom stereocenters. The van der Waals surface area contributed by atoms with Crippen LogP contribution in [-0.2, 0) is 4.79 Å². The molecule has 16 heavy (non-hydrogen) atoms. The van der Waals surface area contributed by atoms with Crippen molar-refractivity contribution in [2.24, 2.45) is 5.92 Å². The highest BCUT2D eigenvalue weighted by molar-refractivity contribution is 5.67. The average molecular weight is 219 g/mol. The monoisotopic (exact) mass is 219 g/mol. The summed E-state index contributed by atoms with van der Waals surface area (Å²) in [6.45, 7) is 2.97. The van der Waals surface area contributed by atoms with Crippen LogP contribution in [0.3, 0.4) is 0 Å². The maximum atomic E-state index is 10.8. The zero-order valence-corrected chi connectivity index (χ0v) is 9.44. The van der Waals surface area contributed by atoms with E-state index in [1.807, 2.05) is 6.07 Å². The summed E-state index contributed by atoms with van der Waals surface area (Å²) in [5.74, 6) is -0.481. The number of rotatable bonds is 3. The lowest BCUT2D eigenvalue weighted by molar-refractivity contribution is -0.138. The van der Waals surface area contributed by atoms with E-state index < -0.39 is 5.97 Å². The molecule has 1 aromatic carbocycles. The summed E-state index contributed by atoms with van der Waals surface area (Å²) in [5, 5.41) is 12.3. The van der Waals surface area contributed by atoms with Crippen LogP contribution in [-0.4, -0.2) is 17.6 Å². The minimum absolute atomic E-state index is 0.205. The summed E-state index contributed by atoms with van der Waals surface area (Å²) in [4.78, 5) is 10.8. The molecule has 0 radical (unpaired) electrons. The Hall–Kier alpha value is -1.35. The maximum absolute atomic E-state index is 10.8. The Morgan fingerprint density at radius 2 is 2.38 bits per heavy atom. The first-order valence-electron chi connectivity index (χ1n) is 5.68. The molecular formula is C13H17NO2. The number of carbonyl (C=O) groups is 1. The minimum Gasteiger partial charge on any atom is -0.481 e. The van der Waals surface area contributed by atoms with Crippen molar-refractivity contribution in [3.05, 3.63) is 35.4 Å². The van der Waals surface area contributed by atoms with Crippen LogP contribution >= 0.6 is 0 Å². The van der Waals surface area contributed by atoms with Gasteiger partial charge in [-0.3, -0.25) is 4.79 Å². The van der Waals surface area contributed by atoms with Gasteiger partial charge in [-0.05, 0) is 31.4 Å². The van der Waals surface area contributed by atoms with E-state index in [9.17, 15) is 4.79 Å². The number of benzene rings is 1. The maximum Gasteiger partial charge on any atom is 0.303 e. The van der Waals surface area contributed by atoms with Gasteiger partial charge in [-0.2, -0.15) is 0 Å². The third kappa shape index (κ3) is 2.42. The fraction of sp³-hybridized carbons (Fsp3) is 0.462. The molecule has 2 rings (SSSR count). The van der Waals surface area contributed by atoms with Crippen LogP contribution in [0.2, 0.25) is 0 Å². The summed E-state index contributed by atoms with van der Waals surface area (Å²) in [5.41, 5.74) is 2.43. The third-order valence-electron chi connectivity index (χ3n) is 3.19. The molecule has 1 aliphatic heterocycles. The van der Waals surface area contributed by atoms with E-state index in [1.165, 1.54) is 11.1 Å². The van der Waals surface area contributed by atoms with E-state index in [0.29, 0.717) is 0 Å². The van der Waals surface area contributed by atoms with Crippen LogP contribution in [0.25, 0.3) is 0 Å². The molecule has 1 aromatic rings. The van der Waals surface area contributed by atoms with Crippen molar-refractivity contribution in [1.29, 1.82) is 0 Å². The molecule has 0 bridgehead atoms. The van der Waals surface area contributed by atoms with Gasteiger partial charge < -0.3 is 10.4 Å². The van der Waals surface area contributed by atoms with Gasteiger partial charge in [0.25, 0.3) is 0 Å². The highest BCUT2D eigenvalue weighted by Crippen LogP contribution is 2.32. The quantitative estimate of drug-likeness (QED) is 0.818. The van der Waals surface area contributed by atoms with Crippen LogP contribution < -0.4 is 5.32 Å². The molecule has 86 valence electrons. The van der Waals surface area contributed by atoms with Gasteiger partial charge in [-0.1, -0.05) is 29.8 Å². The van der Waals surface area contributed by atoms with Crippen molar-refractivity contribution < 1.29 is 9.90 Å². The molecule has 0 saturated carbocycles. The lowest BCUT2D eigenvalue weighted by Crippen LogP contribution is -2.19. The molecule has 0 aromatic heterocycles. The van der Waals surface area contributed by atoms with Gasteiger partial charge in [0.15, 0.2) is 0 Å². The van der Waals surface area contributed by atoms with Gasteiger partial charge in [0.05, 0.1) is 6.42 Å². The third-order valence-corrected chi connectivity index (χ3v) is 3.19. The molecule has 1 heterocycles. The predicted octanol–water partition coefficient (Wildman–Crippen LogP) is 2.12. The highest BCUT2D eigenvalue weighted by atomic mass is 16.4. The second-order valence-electron chi connectivity index (χ2n) is 4.49. The van der Waals surface area contributed by atoms with Gasteiger partial charge >= 0.3 is 5.97 Å². The van der Waals surface area contributed by atoms with Crippen molar-refractivity contribution in [2.45, 2.75) is 25.8 Å². The number of carboxylic acids is 1. The summed E-state index contributed by atoms with van der Waals surface area (Å²) >= 11 is 0. The van der Waals surface area contributed by atoms with E-state index in [0.717, 1.165) is 13.0 Å². The number of aliphatic carboxylic acids is 1. The molecular weight excluding hydrogens is 202 g/mol. The minimum atomic E-state index is -0.702. The van der Waals surface area contributed by atoms with Crippen molar-refractivity contribution >= 4 is 5.97 Å². The van der Waals surface area contributed by atoms with Gasteiger partial charge in [0.1, 0.15) is 0 Å². The first-order chi connectivity index (χ1) is 7.66. The lowest BCUT2D eigenvalue weighted by atomic mass is 9.91. The van der Waals surface area contributed by atoms with Crippen molar-refractivity contribution in [2.75, 3.05) is 6.54 Å². The topological polar surface area (TPSA) is 49.3 Å². The van der Waals surface area contributed by atoms with E-state index in [1.54, 1.807) is 0 Å². The summed E-state index contributed by atoms with van der Waals surface area (Å²) in [6.07, 6.45) is 1.20. The SMILES string of the molecule is Cc1cccc(C2NCCC2CC(=O)O)c1. The van der Waals surface area contributed by atoms with Gasteiger partial charge in [0.2, 0.25) is 0 Å². The van der Waals surface area contributed by atoms with Crippen molar-refractivity contribution in [3.63, 3.8) is 0 Å². The Bertz CT molecular complexity index is 389. The Morgan fingerprint density at radius 3 is 3.06 bits per heavy atom. The first-order valence-corrected chi connectivity index (χ1v) is 5.68. The zero-order chi connectivity index (χ0) is 11.5. The average Bonchev–Trinajstić information content (AvgIpc) is 2.65. The molecule has 1 aliphatic rings. The fourth-order valence-electron chi connectivity index (χ4n) is 2.46. The number of hydrogen-bond donors (Lipinski definition) is 2. The molecule has 2 N–H and O–H groups in total. The Balaban J connectivity index is 2.16. The molecule has 0 spiro atoms. The van der Waals surface area contributed by atoms with Crippen LogP contribution in [0.4, 0.5) is 0 Å². The second-order valence-corrected chi connectivity index (χ2v) is 4.49. The molecule has 0 aliphatic carbocycles. The molecule has 1 fully saturated rings. The zero-order valence-electron chi connectivity index (χ0n) is 9.44. The van der Waals surface area contributed by atoms with Gasteiger partial charge in [0, 0.05) is 6.04 Å². The fourth-order valence-corrected chi connectivity index (χ4v) is 2.46. The smallest absolute Gasteiger partial charge is 0.303 e. The summed E-state index contributed by atoms with van der Waals surface area (Å²) < 4.78 is 0. The number of carboxylic acid groups (broad SMARTS) is 1. The number of hydrogen-bond acceptors (Lipinski definition) is 2. The number of nitrogens with one attached hydrogen (secondary N) is 1. The molecule has 0 amide bonds. The molecule has 3 nitrogen and oxygen atoms in total. The second kappa shape index (κ2) is 4.66. The normalized spacial score (nSPS) is 24.6. The Morgan fingerprint density at radius 1 is 1.56 bits per heavy atom. The van der Waals surface area contributed by atoms with E-state index in [2.05, 4.69) is 30.4 Å². The molecule has 1 saturated heterocycles. The van der Waals surface area contributed by atoms with Crippen molar-refractivity contribution in [1.82, 2.24) is 5.32 Å². The van der Waals surface area contributed by atoms with Crippen LogP contribution in [0.5, 0.6) is 0 Å². The van der Waals surface area contributed by atoms with E-state index in [4.69, 9.17) is 5.11 Å². The number of aryl methyl sites for hydroxylation is 1. The largest absolute Gasteiger partial charge is 0.481 e. The highest BCUT2D eigenvalue weighted by Gasteiger charge is 2.29. The standard InChI is InChI=1S/C13H17NO2/c1-9-3-2-4-10(7-9)13-11(5-6-14-13)8-12(15)16/h2-4,7,11,13-14H,5-6,8H2,1H3,(H,15,16). The van der Waals surface area contributed by atoms with Crippen LogP contribution in [0, 0.1) is 12.8 Å². The Kier molecular flexibility index (Phi) is 3.25.